The number of carbonyl (C=O) groups is 2. The van der Waals surface area contributed by atoms with Crippen molar-refractivity contribution in [2.75, 3.05) is 26.6 Å². The van der Waals surface area contributed by atoms with Crippen LogP contribution in [0.4, 0.5) is 5.69 Å². The molecule has 1 aromatic rings. The van der Waals surface area contributed by atoms with Gasteiger partial charge < -0.3 is 20.5 Å². The van der Waals surface area contributed by atoms with Crippen LogP contribution in [0.5, 0.6) is 0 Å². The third kappa shape index (κ3) is 4.59. The number of carbonyl (C=O) groups excluding carboxylic acids is 2. The van der Waals surface area contributed by atoms with Crippen molar-refractivity contribution in [3.63, 3.8) is 0 Å². The molecule has 0 aromatic heterocycles. The first-order chi connectivity index (χ1) is 9.08. The van der Waals surface area contributed by atoms with Crippen molar-refractivity contribution in [3.05, 3.63) is 29.8 Å². The molecule has 0 aliphatic heterocycles. The number of anilines is 1. The molecule has 0 saturated heterocycles. The van der Waals surface area contributed by atoms with Crippen LogP contribution in [0.3, 0.4) is 0 Å². The molecule has 1 amide bonds. The van der Waals surface area contributed by atoms with Gasteiger partial charge in [0.15, 0.2) is 0 Å². The minimum atomic E-state index is -0.727. The highest BCUT2D eigenvalue weighted by Crippen LogP contribution is 2.06. The van der Waals surface area contributed by atoms with Crippen LogP contribution in [-0.4, -0.2) is 38.7 Å². The summed E-state index contributed by atoms with van der Waals surface area (Å²) in [7, 11) is 2.80. The van der Waals surface area contributed by atoms with Crippen molar-refractivity contribution in [3.8, 4) is 0 Å². The number of hydrogen-bond acceptors (Lipinski definition) is 5. The number of esters is 1. The van der Waals surface area contributed by atoms with Gasteiger partial charge in [0, 0.05) is 31.4 Å². The molecule has 0 saturated carbocycles. The van der Waals surface area contributed by atoms with Gasteiger partial charge in [0.25, 0.3) is 5.91 Å². The van der Waals surface area contributed by atoms with Crippen LogP contribution in [0.25, 0.3) is 0 Å². The van der Waals surface area contributed by atoms with Crippen LogP contribution < -0.4 is 11.1 Å². The lowest BCUT2D eigenvalue weighted by molar-refractivity contribution is -0.143. The van der Waals surface area contributed by atoms with Gasteiger partial charge in [0.05, 0.1) is 7.11 Å². The Morgan fingerprint density at radius 2 is 1.89 bits per heavy atom. The second-order valence-corrected chi connectivity index (χ2v) is 3.95. The number of nitrogens with two attached hydrogens (primary N) is 1. The average Bonchev–Trinajstić information content (AvgIpc) is 2.43. The number of benzene rings is 1. The van der Waals surface area contributed by atoms with Gasteiger partial charge in [0.2, 0.25) is 0 Å². The minimum absolute atomic E-state index is 0.349. The highest BCUT2D eigenvalue weighted by Gasteiger charge is 2.21. The fourth-order valence-electron chi connectivity index (χ4n) is 1.50. The Labute approximate surface area is 111 Å². The number of methoxy groups -OCH3 is 2. The maximum atomic E-state index is 11.9. The Hall–Kier alpha value is -2.08. The standard InChI is InChI=1S/C13H18N2O4/c1-18-8-7-11(13(17)19-2)15-12(16)9-3-5-10(14)6-4-9/h3-6,11H,7-8,14H2,1-2H3,(H,15,16)/t11-/m0/s1. The Morgan fingerprint density at radius 3 is 2.42 bits per heavy atom. The molecule has 0 bridgehead atoms. The fourth-order valence-corrected chi connectivity index (χ4v) is 1.50. The number of nitrogens with one attached hydrogen (secondary N) is 1. The largest absolute Gasteiger partial charge is 0.467 e. The summed E-state index contributed by atoms with van der Waals surface area (Å²) >= 11 is 0. The minimum Gasteiger partial charge on any atom is -0.467 e. The lowest BCUT2D eigenvalue weighted by Crippen LogP contribution is -2.42. The van der Waals surface area contributed by atoms with Gasteiger partial charge in [-0.3, -0.25) is 4.79 Å². The molecule has 1 aromatic carbocycles. The number of amides is 1. The maximum absolute atomic E-state index is 11.9. The Bertz CT molecular complexity index is 431. The first-order valence-corrected chi connectivity index (χ1v) is 5.81. The predicted molar refractivity (Wildman–Crippen MR) is 70.6 cm³/mol. The van der Waals surface area contributed by atoms with E-state index < -0.39 is 12.0 Å². The topological polar surface area (TPSA) is 90.6 Å². The average molecular weight is 266 g/mol. The molecule has 0 fully saturated rings. The Kier molecular flexibility index (Phi) is 5.81. The number of rotatable bonds is 6. The van der Waals surface area contributed by atoms with Gasteiger partial charge in [-0.15, -0.1) is 0 Å². The summed E-state index contributed by atoms with van der Waals surface area (Å²) in [6, 6.07) is 5.70. The highest BCUT2D eigenvalue weighted by atomic mass is 16.5. The summed E-state index contributed by atoms with van der Waals surface area (Å²) in [6.07, 6.45) is 0.351. The van der Waals surface area contributed by atoms with E-state index in [0.29, 0.717) is 24.3 Å². The van der Waals surface area contributed by atoms with E-state index in [9.17, 15) is 9.59 Å². The Morgan fingerprint density at radius 1 is 1.26 bits per heavy atom. The molecule has 0 unspecified atom stereocenters. The lowest BCUT2D eigenvalue weighted by Gasteiger charge is -2.16. The molecular formula is C13H18N2O4. The number of nitrogen functional groups attached to an aromatic ring is 1. The van der Waals surface area contributed by atoms with E-state index >= 15 is 0 Å². The van der Waals surface area contributed by atoms with Crippen LogP contribution >= 0.6 is 0 Å². The zero-order valence-electron chi connectivity index (χ0n) is 11.0. The van der Waals surface area contributed by atoms with E-state index in [-0.39, 0.29) is 5.91 Å². The smallest absolute Gasteiger partial charge is 0.328 e. The van der Waals surface area contributed by atoms with Gasteiger partial charge in [0.1, 0.15) is 6.04 Å². The summed E-state index contributed by atoms with van der Waals surface area (Å²) in [5.41, 5.74) is 6.54. The van der Waals surface area contributed by atoms with Gasteiger partial charge in [-0.25, -0.2) is 4.79 Å². The van der Waals surface area contributed by atoms with E-state index in [0.717, 1.165) is 0 Å². The van der Waals surface area contributed by atoms with E-state index in [2.05, 4.69) is 10.1 Å². The molecule has 0 spiro atoms. The third-order valence-corrected chi connectivity index (χ3v) is 2.57. The summed E-state index contributed by atoms with van der Waals surface area (Å²) in [4.78, 5) is 23.5. The first kappa shape index (κ1) is 15.0. The summed E-state index contributed by atoms with van der Waals surface area (Å²) in [5.74, 6) is -0.854. The van der Waals surface area contributed by atoms with Crippen molar-refractivity contribution in [2.24, 2.45) is 0 Å². The van der Waals surface area contributed by atoms with Crippen LogP contribution in [-0.2, 0) is 14.3 Å². The summed E-state index contributed by atoms with van der Waals surface area (Å²) < 4.78 is 9.53. The molecular weight excluding hydrogens is 248 g/mol. The van der Waals surface area contributed by atoms with Gasteiger partial charge in [-0.1, -0.05) is 0 Å². The van der Waals surface area contributed by atoms with E-state index in [1.165, 1.54) is 14.2 Å². The molecule has 1 atom stereocenters. The molecule has 19 heavy (non-hydrogen) atoms. The first-order valence-electron chi connectivity index (χ1n) is 5.81. The molecule has 0 heterocycles. The van der Waals surface area contributed by atoms with Crippen molar-refractivity contribution in [1.29, 1.82) is 0 Å². The van der Waals surface area contributed by atoms with E-state index in [1.807, 2.05) is 0 Å². The molecule has 0 aliphatic carbocycles. The van der Waals surface area contributed by atoms with E-state index in [4.69, 9.17) is 10.5 Å². The van der Waals surface area contributed by atoms with Gasteiger partial charge >= 0.3 is 5.97 Å². The predicted octanol–water partition coefficient (Wildman–Crippen LogP) is 0.577. The number of ether oxygens (including phenoxy) is 2. The van der Waals surface area contributed by atoms with Crippen molar-refractivity contribution in [1.82, 2.24) is 5.32 Å². The quantitative estimate of drug-likeness (QED) is 0.580. The third-order valence-electron chi connectivity index (χ3n) is 2.57. The highest BCUT2D eigenvalue weighted by molar-refractivity contribution is 5.97. The normalized spacial score (nSPS) is 11.7. The van der Waals surface area contributed by atoms with Crippen molar-refractivity contribution in [2.45, 2.75) is 12.5 Å². The van der Waals surface area contributed by atoms with Crippen molar-refractivity contribution < 1.29 is 19.1 Å². The number of hydrogen-bond donors (Lipinski definition) is 2. The van der Waals surface area contributed by atoms with Crippen LogP contribution in [0.2, 0.25) is 0 Å². The van der Waals surface area contributed by atoms with Gasteiger partial charge in [-0.05, 0) is 24.3 Å². The second-order valence-electron chi connectivity index (χ2n) is 3.95. The summed E-state index contributed by atoms with van der Waals surface area (Å²) in [6.45, 7) is 0.349. The van der Waals surface area contributed by atoms with Crippen LogP contribution in [0.15, 0.2) is 24.3 Å². The van der Waals surface area contributed by atoms with Crippen LogP contribution in [0.1, 0.15) is 16.8 Å². The lowest BCUT2D eigenvalue weighted by atomic mass is 10.1. The van der Waals surface area contributed by atoms with Crippen LogP contribution in [0, 0.1) is 0 Å². The molecule has 0 radical (unpaired) electrons. The van der Waals surface area contributed by atoms with E-state index in [1.54, 1.807) is 24.3 Å². The monoisotopic (exact) mass is 266 g/mol. The van der Waals surface area contributed by atoms with Gasteiger partial charge in [-0.2, -0.15) is 0 Å². The fraction of sp³-hybridized carbons (Fsp3) is 0.385. The SMILES string of the molecule is COCC[C@H](NC(=O)c1ccc(N)cc1)C(=O)OC. The summed E-state index contributed by atoms with van der Waals surface area (Å²) in [5, 5.41) is 2.60. The maximum Gasteiger partial charge on any atom is 0.328 e. The van der Waals surface area contributed by atoms with Crippen molar-refractivity contribution >= 4 is 17.6 Å². The molecule has 1 rings (SSSR count). The molecule has 6 heteroatoms. The second kappa shape index (κ2) is 7.38. The zero-order valence-corrected chi connectivity index (χ0v) is 11.0. The Balaban J connectivity index is 2.69. The molecule has 0 aliphatic rings. The zero-order chi connectivity index (χ0) is 14.3. The molecule has 6 nitrogen and oxygen atoms in total. The molecule has 104 valence electrons. The molecule has 3 N–H and O–H groups in total.